The SMILES string of the molecule is CC(C)OC(C)C.CC(C)c1ncco1.CCCC(C)C.CCOC(C)C. The Morgan fingerprint density at radius 1 is 0.852 bits per heavy atom. The van der Waals surface area contributed by atoms with Crippen LogP contribution in [0.5, 0.6) is 0 Å². The molecule has 27 heavy (non-hydrogen) atoms. The van der Waals surface area contributed by atoms with E-state index in [0.717, 1.165) is 18.4 Å². The minimum absolute atomic E-state index is 0.375. The summed E-state index contributed by atoms with van der Waals surface area (Å²) in [6.07, 6.45) is 7.11. The van der Waals surface area contributed by atoms with Crippen LogP contribution in [0.4, 0.5) is 0 Å². The summed E-state index contributed by atoms with van der Waals surface area (Å²) >= 11 is 0. The molecule has 0 saturated carbocycles. The van der Waals surface area contributed by atoms with Crippen molar-refractivity contribution in [3.8, 4) is 0 Å². The number of rotatable bonds is 7. The largest absolute Gasteiger partial charge is 0.449 e. The van der Waals surface area contributed by atoms with Crippen LogP contribution in [-0.4, -0.2) is 29.9 Å². The first-order valence-electron chi connectivity index (χ1n) is 10.6. The van der Waals surface area contributed by atoms with E-state index < -0.39 is 0 Å². The molecule has 0 amide bonds. The van der Waals surface area contributed by atoms with Gasteiger partial charge in [0.05, 0.1) is 24.5 Å². The van der Waals surface area contributed by atoms with Crippen molar-refractivity contribution in [2.45, 2.75) is 120 Å². The van der Waals surface area contributed by atoms with Crippen LogP contribution in [0.15, 0.2) is 16.9 Å². The average Bonchev–Trinajstić information content (AvgIpc) is 3.01. The third-order valence-corrected chi connectivity index (χ3v) is 2.86. The lowest BCUT2D eigenvalue weighted by Crippen LogP contribution is -2.09. The maximum Gasteiger partial charge on any atom is 0.196 e. The van der Waals surface area contributed by atoms with Gasteiger partial charge >= 0.3 is 0 Å². The van der Waals surface area contributed by atoms with Crippen molar-refractivity contribution in [3.05, 3.63) is 18.4 Å². The predicted molar refractivity (Wildman–Crippen MR) is 118 cm³/mol. The Labute approximate surface area is 170 Å². The first-order chi connectivity index (χ1) is 12.5. The molecule has 4 heteroatoms. The second-order valence-electron chi connectivity index (χ2n) is 7.95. The Bertz CT molecular complexity index is 342. The molecule has 0 N–H and O–H groups in total. The van der Waals surface area contributed by atoms with Crippen LogP contribution in [0.2, 0.25) is 0 Å². The average molecular weight is 388 g/mol. The predicted octanol–water partition coefficient (Wildman–Crippen LogP) is 7.49. The number of nitrogens with zero attached hydrogens (tertiary/aromatic N) is 1. The van der Waals surface area contributed by atoms with Crippen molar-refractivity contribution in [1.29, 1.82) is 0 Å². The minimum Gasteiger partial charge on any atom is -0.449 e. The summed E-state index contributed by atoms with van der Waals surface area (Å²) in [5, 5.41) is 0. The first-order valence-corrected chi connectivity index (χ1v) is 10.6. The molecule has 1 rings (SSSR count). The van der Waals surface area contributed by atoms with Crippen LogP contribution in [0.3, 0.4) is 0 Å². The van der Waals surface area contributed by atoms with Crippen LogP contribution in [-0.2, 0) is 9.47 Å². The molecule has 164 valence electrons. The summed E-state index contributed by atoms with van der Waals surface area (Å²) in [5.74, 6) is 2.12. The number of hydrogen-bond acceptors (Lipinski definition) is 4. The van der Waals surface area contributed by atoms with Crippen molar-refractivity contribution in [1.82, 2.24) is 4.98 Å². The van der Waals surface area contributed by atoms with Gasteiger partial charge in [-0.2, -0.15) is 0 Å². The smallest absolute Gasteiger partial charge is 0.196 e. The van der Waals surface area contributed by atoms with Crippen LogP contribution in [0.25, 0.3) is 0 Å². The minimum atomic E-state index is 0.375. The Morgan fingerprint density at radius 2 is 1.37 bits per heavy atom. The van der Waals surface area contributed by atoms with E-state index in [4.69, 9.17) is 13.9 Å². The molecule has 0 aliphatic heterocycles. The third-order valence-electron chi connectivity index (χ3n) is 2.86. The van der Waals surface area contributed by atoms with Crippen molar-refractivity contribution in [3.63, 3.8) is 0 Å². The van der Waals surface area contributed by atoms with E-state index in [1.807, 2.05) is 62.3 Å². The van der Waals surface area contributed by atoms with Gasteiger partial charge in [0.2, 0.25) is 0 Å². The Morgan fingerprint density at radius 3 is 1.44 bits per heavy atom. The molecule has 4 nitrogen and oxygen atoms in total. The van der Waals surface area contributed by atoms with Crippen molar-refractivity contribution >= 4 is 0 Å². The van der Waals surface area contributed by atoms with Gasteiger partial charge in [0, 0.05) is 12.5 Å². The molecule has 0 saturated heterocycles. The zero-order valence-electron chi connectivity index (χ0n) is 20.3. The fraction of sp³-hybridized carbons (Fsp3) is 0.870. The molecule has 0 atom stereocenters. The van der Waals surface area contributed by atoms with Crippen LogP contribution >= 0.6 is 0 Å². The maximum absolute atomic E-state index is 5.25. The molecular formula is C23H49NO3. The van der Waals surface area contributed by atoms with Gasteiger partial charge in [-0.25, -0.2) is 4.98 Å². The monoisotopic (exact) mass is 387 g/mol. The van der Waals surface area contributed by atoms with Gasteiger partial charge in [0.1, 0.15) is 6.26 Å². The Hall–Kier alpha value is -0.870. The van der Waals surface area contributed by atoms with E-state index in [-0.39, 0.29) is 0 Å². The summed E-state index contributed by atoms with van der Waals surface area (Å²) in [6, 6.07) is 0. The van der Waals surface area contributed by atoms with E-state index in [0.29, 0.717) is 24.2 Å². The lowest BCUT2D eigenvalue weighted by Gasteiger charge is -2.09. The fourth-order valence-corrected chi connectivity index (χ4v) is 1.97. The van der Waals surface area contributed by atoms with Crippen LogP contribution < -0.4 is 0 Å². The molecular weight excluding hydrogens is 338 g/mol. The molecule has 0 fully saturated rings. The maximum atomic E-state index is 5.25. The molecule has 1 aromatic rings. The molecule has 1 heterocycles. The second-order valence-corrected chi connectivity index (χ2v) is 7.95. The molecule has 0 aromatic carbocycles. The number of ether oxygens (including phenoxy) is 2. The van der Waals surface area contributed by atoms with Gasteiger partial charge in [-0.3, -0.25) is 0 Å². The normalized spacial score (nSPS) is 10.4. The van der Waals surface area contributed by atoms with Gasteiger partial charge in [0.15, 0.2) is 5.89 Å². The standard InChI is InChI=1S/C6H9NO.C6H14O.C6H14.C5H12O/c1-5(2)6-7-3-4-8-6;1-5(2)7-6(3)4;1-4-5-6(2)3;1-4-6-5(2)3/h3-5H,1-2H3;5-6H,1-4H3;6H,4-5H2,1-3H3;5H,4H2,1-3H3. The van der Waals surface area contributed by atoms with E-state index in [9.17, 15) is 0 Å². The Kier molecular flexibility index (Phi) is 24.5. The van der Waals surface area contributed by atoms with Gasteiger partial charge in [-0.05, 0) is 54.4 Å². The Balaban J connectivity index is -0.000000287. The van der Waals surface area contributed by atoms with E-state index in [2.05, 4.69) is 25.8 Å². The lowest BCUT2D eigenvalue weighted by atomic mass is 10.1. The number of aromatic nitrogens is 1. The summed E-state index contributed by atoms with van der Waals surface area (Å²) < 4.78 is 15.3. The summed E-state index contributed by atoms with van der Waals surface area (Å²) in [7, 11) is 0. The van der Waals surface area contributed by atoms with E-state index in [1.165, 1.54) is 12.8 Å². The molecule has 0 aliphatic carbocycles. The zero-order chi connectivity index (χ0) is 21.8. The van der Waals surface area contributed by atoms with Crippen molar-refractivity contribution < 1.29 is 13.9 Å². The van der Waals surface area contributed by atoms with Crippen LogP contribution in [0.1, 0.15) is 108 Å². The van der Waals surface area contributed by atoms with E-state index >= 15 is 0 Å². The molecule has 0 aliphatic rings. The quantitative estimate of drug-likeness (QED) is 0.486. The molecule has 0 spiro atoms. The lowest BCUT2D eigenvalue weighted by molar-refractivity contribution is 0.0300. The van der Waals surface area contributed by atoms with Gasteiger partial charge in [-0.15, -0.1) is 0 Å². The van der Waals surface area contributed by atoms with Crippen molar-refractivity contribution in [2.75, 3.05) is 6.61 Å². The fourth-order valence-electron chi connectivity index (χ4n) is 1.97. The summed E-state index contributed by atoms with van der Waals surface area (Å²) in [4.78, 5) is 3.95. The van der Waals surface area contributed by atoms with Gasteiger partial charge in [-0.1, -0.05) is 47.5 Å². The second kappa shape index (κ2) is 21.4. The van der Waals surface area contributed by atoms with Gasteiger partial charge in [0.25, 0.3) is 0 Å². The first kappa shape index (κ1) is 30.8. The zero-order valence-corrected chi connectivity index (χ0v) is 20.3. The highest BCUT2D eigenvalue weighted by atomic mass is 16.5. The van der Waals surface area contributed by atoms with Gasteiger partial charge < -0.3 is 13.9 Å². The number of oxazole rings is 1. The highest BCUT2D eigenvalue weighted by molar-refractivity contribution is 4.85. The molecule has 0 radical (unpaired) electrons. The number of hydrogen-bond donors (Lipinski definition) is 0. The molecule has 0 unspecified atom stereocenters. The summed E-state index contributed by atoms with van der Waals surface area (Å²) in [5.41, 5.74) is 0. The third kappa shape index (κ3) is 33.2. The molecule has 1 aromatic heterocycles. The topological polar surface area (TPSA) is 44.5 Å². The highest BCUT2D eigenvalue weighted by Gasteiger charge is 2.00. The highest BCUT2D eigenvalue weighted by Crippen LogP contribution is 2.09. The van der Waals surface area contributed by atoms with E-state index in [1.54, 1.807) is 12.5 Å². The van der Waals surface area contributed by atoms with Crippen LogP contribution in [0, 0.1) is 5.92 Å². The summed E-state index contributed by atoms with van der Waals surface area (Å²) in [6.45, 7) is 25.9. The molecule has 0 bridgehead atoms. The van der Waals surface area contributed by atoms with Crippen molar-refractivity contribution in [2.24, 2.45) is 5.92 Å².